The second-order valence-corrected chi connectivity index (χ2v) is 22.3. The van der Waals surface area contributed by atoms with Crippen LogP contribution in [0.4, 0.5) is 0 Å². The fourth-order valence-corrected chi connectivity index (χ4v) is 7.55. The van der Waals surface area contributed by atoms with Crippen LogP contribution in [0.15, 0.2) is 65.6 Å². The molecule has 34 heavy (non-hydrogen) atoms. The average molecular weight is 507 g/mol. The molecule has 1 atom stereocenters. The molecule has 0 aliphatic rings. The standard InChI is InChI=1S/C28H34O3SSi2/c1-30-25-15-9-19-17-21(33(3,4)5)11-13-23(19)27(25)28-24-14-12-22(34(6,7)8)18-20(24)10-16-26(28)32(29)31-2/h9-18H,1-8H3. The van der Waals surface area contributed by atoms with E-state index in [2.05, 4.69) is 87.8 Å². The van der Waals surface area contributed by atoms with Gasteiger partial charge in [-0.2, -0.15) is 0 Å². The molecule has 4 rings (SSSR count). The summed E-state index contributed by atoms with van der Waals surface area (Å²) in [6.45, 7) is 14.1. The summed E-state index contributed by atoms with van der Waals surface area (Å²) in [6.07, 6.45) is 0. The van der Waals surface area contributed by atoms with Crippen molar-refractivity contribution in [2.24, 2.45) is 0 Å². The van der Waals surface area contributed by atoms with Crippen molar-refractivity contribution in [1.82, 2.24) is 0 Å². The quantitative estimate of drug-likeness (QED) is 0.283. The van der Waals surface area contributed by atoms with Crippen LogP contribution in [0, 0.1) is 0 Å². The van der Waals surface area contributed by atoms with Gasteiger partial charge in [0.1, 0.15) is 5.75 Å². The first-order valence-corrected chi connectivity index (χ1v) is 19.7. The number of fused-ring (bicyclic) bond motifs is 2. The predicted molar refractivity (Wildman–Crippen MR) is 153 cm³/mol. The van der Waals surface area contributed by atoms with E-state index in [-0.39, 0.29) is 0 Å². The van der Waals surface area contributed by atoms with E-state index in [1.165, 1.54) is 22.9 Å². The van der Waals surface area contributed by atoms with Crippen LogP contribution >= 0.6 is 0 Å². The Balaban J connectivity index is 2.14. The first-order valence-electron chi connectivity index (χ1n) is 11.6. The highest BCUT2D eigenvalue weighted by molar-refractivity contribution is 7.80. The molecule has 178 valence electrons. The topological polar surface area (TPSA) is 35.5 Å². The van der Waals surface area contributed by atoms with Crippen molar-refractivity contribution in [2.75, 3.05) is 14.2 Å². The molecule has 0 saturated heterocycles. The minimum Gasteiger partial charge on any atom is -0.496 e. The predicted octanol–water partition coefficient (Wildman–Crippen LogP) is 6.43. The van der Waals surface area contributed by atoms with Crippen LogP contribution in [0.3, 0.4) is 0 Å². The first kappa shape index (κ1) is 24.9. The van der Waals surface area contributed by atoms with Crippen molar-refractivity contribution < 1.29 is 13.1 Å². The molecule has 0 amide bonds. The van der Waals surface area contributed by atoms with Gasteiger partial charge in [0.25, 0.3) is 0 Å². The van der Waals surface area contributed by atoms with Crippen molar-refractivity contribution in [3.8, 4) is 16.9 Å². The maximum absolute atomic E-state index is 13.1. The lowest BCUT2D eigenvalue weighted by molar-refractivity contribution is 0.417. The van der Waals surface area contributed by atoms with Crippen LogP contribution < -0.4 is 15.1 Å². The van der Waals surface area contributed by atoms with E-state index < -0.39 is 27.2 Å². The lowest BCUT2D eigenvalue weighted by Gasteiger charge is -2.22. The number of hydrogen-bond donors (Lipinski definition) is 0. The summed E-state index contributed by atoms with van der Waals surface area (Å²) in [5.74, 6) is 0.768. The Hall–Kier alpha value is -2.26. The first-order chi connectivity index (χ1) is 16.0. The molecule has 0 heterocycles. The number of rotatable bonds is 6. The monoisotopic (exact) mass is 506 g/mol. The molecule has 1 unspecified atom stereocenters. The summed E-state index contributed by atoms with van der Waals surface area (Å²) in [5.41, 5.74) is 1.89. The zero-order valence-corrected chi connectivity index (χ0v) is 24.2. The molecule has 0 fully saturated rings. The largest absolute Gasteiger partial charge is 0.496 e. The Morgan fingerprint density at radius 3 is 1.62 bits per heavy atom. The maximum Gasteiger partial charge on any atom is 0.189 e. The minimum atomic E-state index is -1.59. The van der Waals surface area contributed by atoms with Gasteiger partial charge in [-0.1, -0.05) is 98.2 Å². The van der Waals surface area contributed by atoms with Crippen LogP contribution in [0.1, 0.15) is 0 Å². The fourth-order valence-electron chi connectivity index (χ4n) is 4.47. The second-order valence-electron chi connectivity index (χ2n) is 10.9. The van der Waals surface area contributed by atoms with E-state index in [0.29, 0.717) is 4.90 Å². The number of hydrogen-bond acceptors (Lipinski definition) is 3. The SMILES string of the molecule is COc1ccc2cc([Si](C)(C)C)ccc2c1-c1c(S(=O)OC)ccc2cc([Si](C)(C)C)ccc12. The van der Waals surface area contributed by atoms with Gasteiger partial charge in [0, 0.05) is 11.1 Å². The Labute approximate surface area is 207 Å². The van der Waals surface area contributed by atoms with Crippen molar-refractivity contribution in [3.05, 3.63) is 60.7 Å². The number of benzene rings is 4. The lowest BCUT2D eigenvalue weighted by Crippen LogP contribution is -2.37. The van der Waals surface area contributed by atoms with Gasteiger partial charge in [-0.25, -0.2) is 4.21 Å². The van der Waals surface area contributed by atoms with Crippen LogP contribution in [0.25, 0.3) is 32.7 Å². The van der Waals surface area contributed by atoms with Gasteiger partial charge in [-0.3, -0.25) is 4.18 Å². The summed E-state index contributed by atoms with van der Waals surface area (Å²) < 4.78 is 24.3. The molecule has 3 nitrogen and oxygen atoms in total. The molecule has 0 saturated carbocycles. The number of ether oxygens (including phenoxy) is 1. The average Bonchev–Trinajstić information content (AvgIpc) is 2.80. The fraction of sp³-hybridized carbons (Fsp3) is 0.286. The highest BCUT2D eigenvalue weighted by Gasteiger charge is 2.24. The molecule has 4 aromatic rings. The van der Waals surface area contributed by atoms with Crippen molar-refractivity contribution >= 4 is 59.1 Å². The molecule has 0 radical (unpaired) electrons. The lowest BCUT2D eigenvalue weighted by atomic mass is 9.93. The Morgan fingerprint density at radius 2 is 1.15 bits per heavy atom. The Bertz CT molecular complexity index is 1420. The van der Waals surface area contributed by atoms with E-state index in [9.17, 15) is 4.21 Å². The second kappa shape index (κ2) is 9.08. The van der Waals surface area contributed by atoms with E-state index >= 15 is 0 Å². The Kier molecular flexibility index (Phi) is 6.63. The van der Waals surface area contributed by atoms with Crippen LogP contribution in [0.5, 0.6) is 5.75 Å². The van der Waals surface area contributed by atoms with Gasteiger partial charge >= 0.3 is 0 Å². The van der Waals surface area contributed by atoms with E-state index in [0.717, 1.165) is 33.0 Å². The Morgan fingerprint density at radius 1 is 0.647 bits per heavy atom. The molecule has 0 bridgehead atoms. The normalized spacial score (nSPS) is 13.4. The van der Waals surface area contributed by atoms with E-state index in [4.69, 9.17) is 8.92 Å². The van der Waals surface area contributed by atoms with Gasteiger partial charge in [0.2, 0.25) is 0 Å². The van der Waals surface area contributed by atoms with E-state index in [1.54, 1.807) is 7.11 Å². The van der Waals surface area contributed by atoms with Crippen molar-refractivity contribution in [2.45, 2.75) is 44.2 Å². The summed E-state index contributed by atoms with van der Waals surface area (Å²) >= 11 is -1.59. The third kappa shape index (κ3) is 4.52. The molecule has 0 spiro atoms. The molecule has 4 aromatic carbocycles. The minimum absolute atomic E-state index is 0.663. The smallest absolute Gasteiger partial charge is 0.189 e. The summed E-state index contributed by atoms with van der Waals surface area (Å²) in [7, 11) is 0.234. The van der Waals surface area contributed by atoms with Gasteiger partial charge < -0.3 is 4.74 Å². The van der Waals surface area contributed by atoms with Crippen molar-refractivity contribution in [1.29, 1.82) is 0 Å². The van der Waals surface area contributed by atoms with Crippen LogP contribution in [0.2, 0.25) is 39.3 Å². The zero-order chi connectivity index (χ0) is 24.8. The summed E-state index contributed by atoms with van der Waals surface area (Å²) in [6, 6.07) is 21.6. The summed E-state index contributed by atoms with van der Waals surface area (Å²) in [5, 5.41) is 7.28. The zero-order valence-electron chi connectivity index (χ0n) is 21.4. The van der Waals surface area contributed by atoms with Gasteiger partial charge in [0.15, 0.2) is 11.1 Å². The van der Waals surface area contributed by atoms with Gasteiger partial charge in [0.05, 0.1) is 35.3 Å². The molecule has 0 N–H and O–H groups in total. The molecule has 0 aromatic heterocycles. The highest BCUT2D eigenvalue weighted by atomic mass is 32.2. The third-order valence-electron chi connectivity index (χ3n) is 6.50. The van der Waals surface area contributed by atoms with E-state index in [1.807, 2.05) is 12.1 Å². The summed E-state index contributed by atoms with van der Waals surface area (Å²) in [4.78, 5) is 0.663. The molecular weight excluding hydrogens is 473 g/mol. The van der Waals surface area contributed by atoms with Crippen LogP contribution in [-0.4, -0.2) is 34.6 Å². The maximum atomic E-state index is 13.1. The molecular formula is C28H34O3SSi2. The molecule has 0 aliphatic heterocycles. The molecule has 6 heteroatoms. The number of methoxy groups -OCH3 is 1. The van der Waals surface area contributed by atoms with Gasteiger partial charge in [-0.05, 0) is 33.7 Å². The van der Waals surface area contributed by atoms with Gasteiger partial charge in [-0.15, -0.1) is 0 Å². The third-order valence-corrected chi connectivity index (χ3v) is 11.6. The van der Waals surface area contributed by atoms with Crippen molar-refractivity contribution in [3.63, 3.8) is 0 Å². The van der Waals surface area contributed by atoms with Crippen LogP contribution in [-0.2, 0) is 15.3 Å². The molecule has 0 aliphatic carbocycles. The highest BCUT2D eigenvalue weighted by Crippen LogP contribution is 2.43.